The van der Waals surface area contributed by atoms with Crippen molar-refractivity contribution in [2.24, 2.45) is 10.9 Å². The van der Waals surface area contributed by atoms with Gasteiger partial charge in [0.15, 0.2) is 5.71 Å². The van der Waals surface area contributed by atoms with E-state index < -0.39 is 34.9 Å². The van der Waals surface area contributed by atoms with Crippen LogP contribution in [0.4, 0.5) is 5.82 Å². The van der Waals surface area contributed by atoms with Gasteiger partial charge < -0.3 is 27.1 Å². The van der Waals surface area contributed by atoms with Crippen LogP contribution < -0.4 is 16.8 Å². The van der Waals surface area contributed by atoms with Gasteiger partial charge in [0, 0.05) is 40.5 Å². The molecule has 2 aromatic rings. The van der Waals surface area contributed by atoms with E-state index in [1.807, 2.05) is 0 Å². The van der Waals surface area contributed by atoms with Crippen LogP contribution in [0.2, 0.25) is 5.02 Å². The van der Waals surface area contributed by atoms with Crippen LogP contribution in [0.3, 0.4) is 0 Å². The number of anilines is 1. The summed E-state index contributed by atoms with van der Waals surface area (Å²) in [5.41, 5.74) is 11.4. The smallest absolute Gasteiger partial charge is 0.353 e. The Labute approximate surface area is 232 Å². The Morgan fingerprint density at radius 1 is 1.38 bits per heavy atom. The van der Waals surface area contributed by atoms with Crippen molar-refractivity contribution in [1.29, 1.82) is 0 Å². The summed E-state index contributed by atoms with van der Waals surface area (Å²) in [4.78, 5) is 43.6. The molecule has 1 saturated heterocycles. The molecule has 0 saturated carbocycles. The Kier molecular flexibility index (Phi) is 8.86. The van der Waals surface area contributed by atoms with Crippen LogP contribution in [0.1, 0.15) is 11.3 Å². The lowest BCUT2D eigenvalue weighted by molar-refractivity contribution is -0.150. The monoisotopic (exact) mass is 601 g/mol. The van der Waals surface area contributed by atoms with Crippen molar-refractivity contribution in [3.63, 3.8) is 0 Å². The predicted octanol–water partition coefficient (Wildman–Crippen LogP) is 1.63. The molecule has 2 aliphatic heterocycles. The molecule has 0 spiro atoms. The Hall–Kier alpha value is -2.50. The summed E-state index contributed by atoms with van der Waals surface area (Å²) >= 11 is 11.6. The third kappa shape index (κ3) is 5.68. The number of aromatic nitrogens is 2. The number of carbonyl (C=O) groups is 3. The molecule has 0 aromatic carbocycles. The van der Waals surface area contributed by atoms with E-state index in [-0.39, 0.29) is 22.2 Å². The lowest BCUT2D eigenvalue weighted by atomic mass is 10.0. The quantitative estimate of drug-likeness (QED) is 0.0868. The number of carboxylic acids is 1. The molecule has 1 fully saturated rings. The van der Waals surface area contributed by atoms with Crippen molar-refractivity contribution in [3.05, 3.63) is 45.2 Å². The third-order valence-corrected chi connectivity index (χ3v) is 10.1. The van der Waals surface area contributed by atoms with Gasteiger partial charge in [0.25, 0.3) is 11.8 Å². The van der Waals surface area contributed by atoms with Crippen molar-refractivity contribution in [2.75, 3.05) is 23.8 Å². The highest BCUT2D eigenvalue weighted by atomic mass is 35.5. The molecule has 0 unspecified atom stereocenters. The molecule has 4 heterocycles. The van der Waals surface area contributed by atoms with Gasteiger partial charge in [0.1, 0.15) is 28.6 Å². The van der Waals surface area contributed by atoms with Gasteiger partial charge in [-0.2, -0.15) is 16.1 Å². The van der Waals surface area contributed by atoms with Crippen molar-refractivity contribution < 1.29 is 24.7 Å². The molecule has 2 atom stereocenters. The zero-order valence-electron chi connectivity index (χ0n) is 18.8. The summed E-state index contributed by atoms with van der Waals surface area (Å²) in [6, 6.07) is 1.76. The summed E-state index contributed by atoms with van der Waals surface area (Å²) in [7, 11) is 0. The second kappa shape index (κ2) is 11.9. The highest BCUT2D eigenvalue weighted by molar-refractivity contribution is 8.07. The van der Waals surface area contributed by atoms with Gasteiger partial charge in [-0.3, -0.25) is 14.5 Å². The molecule has 0 bridgehead atoms. The van der Waals surface area contributed by atoms with E-state index in [1.54, 1.807) is 18.0 Å². The van der Waals surface area contributed by atoms with Gasteiger partial charge in [0.2, 0.25) is 0 Å². The Bertz CT molecular complexity index is 1300. The van der Waals surface area contributed by atoms with Crippen LogP contribution in [0, 0.1) is 0 Å². The standard InChI is InChI=1S/C20H20ClN7O5S4/c21-9-1-2-11(23)25-12(9)13(27-33)16(29)26-14-17(30)28-15(19(31)32)10(7-35-18(14)28)36-20-8(5-24-37-20)6-34-4-3-22/h1-2,5,14,18,33H,3-4,6-7,22H2,(H2,23,25)(H,26,29)(H,31,32)/b27-13-/t14-,18+/m1/s1. The number of nitrogens with two attached hydrogens (primary N) is 2. The number of halogens is 1. The molecule has 2 amide bonds. The van der Waals surface area contributed by atoms with E-state index in [9.17, 15) is 24.7 Å². The molecular weight excluding hydrogens is 582 g/mol. The number of nitrogens with zero attached hydrogens (tertiary/aromatic N) is 4. The second-order valence-corrected chi connectivity index (χ2v) is 12.3. The first-order valence-corrected chi connectivity index (χ1v) is 14.7. The molecule has 2 aromatic heterocycles. The van der Waals surface area contributed by atoms with Crippen LogP contribution >= 0.6 is 58.4 Å². The minimum Gasteiger partial charge on any atom is -0.477 e. The Morgan fingerprint density at radius 3 is 2.86 bits per heavy atom. The van der Waals surface area contributed by atoms with E-state index in [0.717, 1.165) is 20.4 Å². The van der Waals surface area contributed by atoms with Gasteiger partial charge in [-0.05, 0) is 23.7 Å². The fraction of sp³-hybridized carbons (Fsp3) is 0.300. The van der Waals surface area contributed by atoms with Gasteiger partial charge in [-0.15, -0.1) is 11.8 Å². The summed E-state index contributed by atoms with van der Waals surface area (Å²) in [5.74, 6) is -0.922. The van der Waals surface area contributed by atoms with E-state index in [0.29, 0.717) is 23.0 Å². The first-order chi connectivity index (χ1) is 17.8. The minimum absolute atomic E-state index is 0.0207. The normalized spacial score (nSPS) is 19.5. The number of nitrogens with one attached hydrogen (secondary N) is 1. The topological polar surface area (TPSA) is 197 Å². The highest BCUT2D eigenvalue weighted by Crippen LogP contribution is 2.46. The zero-order chi connectivity index (χ0) is 26.7. The number of rotatable bonds is 10. The number of hydrogen-bond donors (Lipinski definition) is 5. The van der Waals surface area contributed by atoms with Gasteiger partial charge in [-0.25, -0.2) is 9.78 Å². The molecule has 12 nitrogen and oxygen atoms in total. The molecule has 17 heteroatoms. The van der Waals surface area contributed by atoms with Crippen LogP contribution in [0.15, 0.2) is 38.3 Å². The molecule has 0 radical (unpaired) electrons. The number of oxime groups is 1. The van der Waals surface area contributed by atoms with E-state index in [4.69, 9.17) is 23.1 Å². The lowest BCUT2D eigenvalue weighted by Gasteiger charge is -2.49. The fourth-order valence-corrected chi connectivity index (χ4v) is 8.13. The number of carboxylic acid groups (broad SMARTS) is 1. The SMILES string of the molecule is NCCSCc1cnsc1SC1=C(C(=O)O)N2C(=O)[C@@H](NC(=O)/C(=N\O)c3nc(N)ccc3Cl)[C@@H]2SC1. The van der Waals surface area contributed by atoms with Gasteiger partial charge in [-0.1, -0.05) is 28.5 Å². The van der Waals surface area contributed by atoms with E-state index >= 15 is 0 Å². The molecule has 0 aliphatic carbocycles. The predicted molar refractivity (Wildman–Crippen MR) is 145 cm³/mol. The minimum atomic E-state index is -1.25. The molecule has 7 N–H and O–H groups in total. The van der Waals surface area contributed by atoms with Crippen LogP contribution in [-0.2, 0) is 20.1 Å². The van der Waals surface area contributed by atoms with Crippen molar-refractivity contribution in [1.82, 2.24) is 19.6 Å². The van der Waals surface area contributed by atoms with Crippen LogP contribution in [-0.4, -0.2) is 77.5 Å². The maximum absolute atomic E-state index is 13.0. The number of hydrogen-bond acceptors (Lipinski definition) is 13. The van der Waals surface area contributed by atoms with E-state index in [2.05, 4.69) is 19.8 Å². The molecule has 196 valence electrons. The third-order valence-electron chi connectivity index (χ3n) is 5.17. The highest BCUT2D eigenvalue weighted by Gasteiger charge is 2.54. The average molecular weight is 602 g/mol. The number of carbonyl (C=O) groups excluding carboxylic acids is 2. The van der Waals surface area contributed by atoms with Crippen molar-refractivity contribution >= 4 is 87.7 Å². The molecule has 37 heavy (non-hydrogen) atoms. The van der Waals surface area contributed by atoms with Crippen molar-refractivity contribution in [2.45, 2.75) is 21.4 Å². The number of thioether (sulfide) groups is 3. The second-order valence-electron chi connectivity index (χ2n) is 7.53. The molecule has 4 rings (SSSR count). The number of β-lactam (4-membered cyclic amide) rings is 1. The first kappa shape index (κ1) is 27.5. The van der Waals surface area contributed by atoms with E-state index in [1.165, 1.54) is 47.2 Å². The van der Waals surface area contributed by atoms with Crippen LogP contribution in [0.5, 0.6) is 0 Å². The fourth-order valence-electron chi connectivity index (χ4n) is 3.51. The maximum atomic E-state index is 13.0. The largest absolute Gasteiger partial charge is 0.477 e. The number of aliphatic carboxylic acids is 1. The summed E-state index contributed by atoms with van der Waals surface area (Å²) in [6.07, 6.45) is 1.75. The maximum Gasteiger partial charge on any atom is 0.353 e. The van der Waals surface area contributed by atoms with Gasteiger partial charge >= 0.3 is 5.97 Å². The zero-order valence-corrected chi connectivity index (χ0v) is 22.8. The van der Waals surface area contributed by atoms with Crippen molar-refractivity contribution in [3.8, 4) is 0 Å². The van der Waals surface area contributed by atoms with Gasteiger partial charge in [0.05, 0.1) is 9.23 Å². The summed E-state index contributed by atoms with van der Waals surface area (Å²) < 4.78 is 5.07. The number of nitrogen functional groups attached to an aromatic ring is 1. The molecular formula is C20H20ClN7O5S4. The lowest BCUT2D eigenvalue weighted by Crippen LogP contribution is -2.71. The number of fused-ring (bicyclic) bond motifs is 1. The summed E-state index contributed by atoms with van der Waals surface area (Å²) in [6.45, 7) is 0.556. The average Bonchev–Trinajstić information content (AvgIpc) is 3.31. The number of pyridine rings is 1. The molecule has 2 aliphatic rings. The Morgan fingerprint density at radius 2 is 2.16 bits per heavy atom. The summed E-state index contributed by atoms with van der Waals surface area (Å²) in [5, 5.41) is 24.2. The Balaban J connectivity index is 1.51. The number of amides is 2. The first-order valence-electron chi connectivity index (χ1n) is 10.5. The van der Waals surface area contributed by atoms with Crippen LogP contribution in [0.25, 0.3) is 0 Å².